The van der Waals surface area contributed by atoms with Gasteiger partial charge in [-0.2, -0.15) is 0 Å². The molecule has 0 aliphatic carbocycles. The molecule has 116 valence electrons. The van der Waals surface area contributed by atoms with Crippen molar-refractivity contribution >= 4 is 17.5 Å². The number of carbonyl (C=O) groups excluding carboxylic acids is 1. The maximum Gasteiger partial charge on any atom is 0.224 e. The summed E-state index contributed by atoms with van der Waals surface area (Å²) in [4.78, 5) is 12.0. The first-order chi connectivity index (χ1) is 9.90. The normalized spacial score (nSPS) is 21.0. The summed E-state index contributed by atoms with van der Waals surface area (Å²) in [5, 5.41) is 6.61. The third-order valence-corrected chi connectivity index (χ3v) is 4.59. The van der Waals surface area contributed by atoms with E-state index in [1.54, 1.807) is 6.07 Å². The number of piperidine rings is 1. The van der Waals surface area contributed by atoms with Crippen LogP contribution in [0.2, 0.25) is 5.02 Å². The van der Waals surface area contributed by atoms with E-state index < -0.39 is 5.82 Å². The van der Waals surface area contributed by atoms with Gasteiger partial charge in [-0.15, -0.1) is 0 Å². The summed E-state index contributed by atoms with van der Waals surface area (Å²) in [6.45, 7) is 5.93. The molecule has 21 heavy (non-hydrogen) atoms. The predicted molar refractivity (Wildman–Crippen MR) is 82.9 cm³/mol. The molecule has 3 nitrogen and oxygen atoms in total. The Bertz CT molecular complexity index is 499. The summed E-state index contributed by atoms with van der Waals surface area (Å²) < 4.78 is 13.7. The van der Waals surface area contributed by atoms with Crippen molar-refractivity contribution in [2.75, 3.05) is 13.1 Å². The van der Waals surface area contributed by atoms with Crippen LogP contribution in [0.15, 0.2) is 18.2 Å². The Morgan fingerprint density at radius 2 is 2.29 bits per heavy atom. The van der Waals surface area contributed by atoms with Crippen LogP contribution in [-0.4, -0.2) is 25.0 Å². The molecule has 1 aromatic carbocycles. The first-order valence-corrected chi connectivity index (χ1v) is 7.71. The van der Waals surface area contributed by atoms with Crippen LogP contribution in [0, 0.1) is 11.2 Å². The zero-order valence-corrected chi connectivity index (χ0v) is 13.3. The minimum atomic E-state index is -0.436. The van der Waals surface area contributed by atoms with Crippen LogP contribution < -0.4 is 10.6 Å². The number of rotatable bonds is 4. The van der Waals surface area contributed by atoms with Gasteiger partial charge in [-0.3, -0.25) is 4.79 Å². The predicted octanol–water partition coefficient (Wildman–Crippen LogP) is 2.92. The van der Waals surface area contributed by atoms with Crippen LogP contribution in [0.3, 0.4) is 0 Å². The Morgan fingerprint density at radius 1 is 1.52 bits per heavy atom. The van der Waals surface area contributed by atoms with Gasteiger partial charge in [0.2, 0.25) is 5.91 Å². The quantitative estimate of drug-likeness (QED) is 0.897. The summed E-state index contributed by atoms with van der Waals surface area (Å²) in [6.07, 6.45) is 2.26. The number of benzene rings is 1. The molecule has 1 atom stereocenters. The van der Waals surface area contributed by atoms with E-state index in [0.717, 1.165) is 19.4 Å². The Morgan fingerprint density at radius 3 is 2.95 bits per heavy atom. The fourth-order valence-electron chi connectivity index (χ4n) is 2.76. The van der Waals surface area contributed by atoms with Gasteiger partial charge >= 0.3 is 0 Å². The van der Waals surface area contributed by atoms with E-state index in [1.165, 1.54) is 12.1 Å². The maximum absolute atomic E-state index is 13.7. The van der Waals surface area contributed by atoms with E-state index in [-0.39, 0.29) is 29.3 Å². The molecular formula is C16H22ClFN2O. The summed E-state index contributed by atoms with van der Waals surface area (Å²) in [6, 6.07) is 4.69. The molecule has 1 heterocycles. The van der Waals surface area contributed by atoms with Crippen LogP contribution in [0.4, 0.5) is 4.39 Å². The van der Waals surface area contributed by atoms with Gasteiger partial charge in [0, 0.05) is 23.2 Å². The smallest absolute Gasteiger partial charge is 0.224 e. The molecule has 1 aromatic rings. The average molecular weight is 313 g/mol. The van der Waals surface area contributed by atoms with Gasteiger partial charge < -0.3 is 10.6 Å². The number of halogens is 2. The van der Waals surface area contributed by atoms with Crippen LogP contribution in [0.25, 0.3) is 0 Å². The number of hydrogen-bond acceptors (Lipinski definition) is 2. The van der Waals surface area contributed by atoms with Crippen molar-refractivity contribution in [2.45, 2.75) is 39.2 Å². The van der Waals surface area contributed by atoms with E-state index in [0.29, 0.717) is 11.6 Å². The van der Waals surface area contributed by atoms with Crippen molar-refractivity contribution in [3.05, 3.63) is 34.6 Å². The van der Waals surface area contributed by atoms with Crippen molar-refractivity contribution in [1.29, 1.82) is 0 Å². The molecule has 1 saturated heterocycles. The van der Waals surface area contributed by atoms with Gasteiger partial charge in [0.15, 0.2) is 0 Å². The van der Waals surface area contributed by atoms with Crippen molar-refractivity contribution in [2.24, 2.45) is 5.41 Å². The fourth-order valence-corrected chi connectivity index (χ4v) is 2.99. The number of hydrogen-bond donors (Lipinski definition) is 2. The summed E-state index contributed by atoms with van der Waals surface area (Å²) in [7, 11) is 0. The van der Waals surface area contributed by atoms with Gasteiger partial charge in [0.05, 0.1) is 6.42 Å². The minimum Gasteiger partial charge on any atom is -0.354 e. The van der Waals surface area contributed by atoms with Gasteiger partial charge in [0.25, 0.3) is 0 Å². The lowest BCUT2D eigenvalue weighted by Crippen LogP contribution is -2.53. The average Bonchev–Trinajstić information content (AvgIpc) is 2.41. The molecule has 1 unspecified atom stereocenters. The minimum absolute atomic E-state index is 0.0291. The molecule has 0 saturated carbocycles. The molecule has 1 fully saturated rings. The van der Waals surface area contributed by atoms with Gasteiger partial charge in [-0.1, -0.05) is 31.5 Å². The Hall–Kier alpha value is -1.13. The molecule has 2 rings (SSSR count). The van der Waals surface area contributed by atoms with Crippen molar-refractivity contribution in [1.82, 2.24) is 10.6 Å². The summed E-state index contributed by atoms with van der Waals surface area (Å²) in [5.74, 6) is -0.640. The van der Waals surface area contributed by atoms with Crippen LogP contribution >= 0.6 is 11.6 Å². The van der Waals surface area contributed by atoms with E-state index in [2.05, 4.69) is 24.5 Å². The lowest BCUT2D eigenvalue weighted by atomic mass is 9.77. The maximum atomic E-state index is 13.7. The number of amides is 1. The number of nitrogens with one attached hydrogen (secondary N) is 2. The highest BCUT2D eigenvalue weighted by atomic mass is 35.5. The first-order valence-electron chi connectivity index (χ1n) is 7.33. The molecule has 0 spiro atoms. The third-order valence-electron chi connectivity index (χ3n) is 4.23. The van der Waals surface area contributed by atoms with E-state index in [1.807, 2.05) is 0 Å². The summed E-state index contributed by atoms with van der Waals surface area (Å²) >= 11 is 5.94. The SMILES string of the molecule is CC1(C)CCCNC1CNC(=O)Cc1c(F)cccc1Cl. The van der Waals surface area contributed by atoms with Crippen molar-refractivity contribution in [3.63, 3.8) is 0 Å². The largest absolute Gasteiger partial charge is 0.354 e. The second kappa shape index (κ2) is 6.75. The highest BCUT2D eigenvalue weighted by Crippen LogP contribution is 2.29. The fraction of sp³-hybridized carbons (Fsp3) is 0.562. The number of carbonyl (C=O) groups is 1. The first kappa shape index (κ1) is 16.2. The van der Waals surface area contributed by atoms with Crippen molar-refractivity contribution in [3.8, 4) is 0 Å². The highest BCUT2D eigenvalue weighted by Gasteiger charge is 2.31. The molecule has 0 radical (unpaired) electrons. The summed E-state index contributed by atoms with van der Waals surface area (Å²) in [5.41, 5.74) is 0.411. The van der Waals surface area contributed by atoms with E-state index in [4.69, 9.17) is 11.6 Å². The molecule has 1 amide bonds. The van der Waals surface area contributed by atoms with Crippen LogP contribution in [-0.2, 0) is 11.2 Å². The van der Waals surface area contributed by atoms with Crippen LogP contribution in [0.5, 0.6) is 0 Å². The van der Waals surface area contributed by atoms with E-state index in [9.17, 15) is 9.18 Å². The zero-order chi connectivity index (χ0) is 15.5. The molecule has 2 N–H and O–H groups in total. The topological polar surface area (TPSA) is 41.1 Å². The Kier molecular flexibility index (Phi) is 5.22. The highest BCUT2D eigenvalue weighted by molar-refractivity contribution is 6.31. The molecule has 5 heteroatoms. The molecule has 1 aliphatic rings. The molecule has 0 aromatic heterocycles. The van der Waals surface area contributed by atoms with Gasteiger partial charge in [0.1, 0.15) is 5.82 Å². The molecular weight excluding hydrogens is 291 g/mol. The monoisotopic (exact) mass is 312 g/mol. The zero-order valence-electron chi connectivity index (χ0n) is 12.5. The van der Waals surface area contributed by atoms with Gasteiger partial charge in [-0.05, 0) is 36.9 Å². The molecule has 0 bridgehead atoms. The van der Waals surface area contributed by atoms with Gasteiger partial charge in [-0.25, -0.2) is 4.39 Å². The second-order valence-corrected chi connectivity index (χ2v) is 6.69. The lowest BCUT2D eigenvalue weighted by Gasteiger charge is -2.39. The van der Waals surface area contributed by atoms with E-state index >= 15 is 0 Å². The van der Waals surface area contributed by atoms with Crippen molar-refractivity contribution < 1.29 is 9.18 Å². The standard InChI is InChI=1S/C16H22ClFN2O/c1-16(2)7-4-8-19-14(16)10-20-15(21)9-11-12(17)5-3-6-13(11)18/h3,5-6,14,19H,4,7-10H2,1-2H3,(H,20,21). The third kappa shape index (κ3) is 4.17. The second-order valence-electron chi connectivity index (χ2n) is 6.28. The molecule has 1 aliphatic heterocycles. The Labute approximate surface area is 130 Å². The Balaban J connectivity index is 1.90. The van der Waals surface area contributed by atoms with Crippen LogP contribution in [0.1, 0.15) is 32.3 Å². The lowest BCUT2D eigenvalue weighted by molar-refractivity contribution is -0.120.